The number of hydrogen-bond donors (Lipinski definition) is 2. The van der Waals surface area contributed by atoms with E-state index in [9.17, 15) is 5.11 Å². The number of nitrogens with zero attached hydrogens (tertiary/aromatic N) is 1. The van der Waals surface area contributed by atoms with Gasteiger partial charge in [0.2, 0.25) is 0 Å². The molecule has 0 unspecified atom stereocenters. The van der Waals surface area contributed by atoms with Crippen molar-refractivity contribution < 1.29 is 5.11 Å². The highest BCUT2D eigenvalue weighted by Gasteiger charge is 2.37. The van der Waals surface area contributed by atoms with E-state index in [0.29, 0.717) is 5.75 Å². The van der Waals surface area contributed by atoms with Gasteiger partial charge in [0, 0.05) is 30.9 Å². The van der Waals surface area contributed by atoms with Crippen molar-refractivity contribution >= 4 is 5.69 Å². The standard InChI is InChI=1S/C12H18N2O/c1-14(8-7-12(13)5-6-12)10-3-2-4-11(15)9-10/h2-4,9,15H,5-8,13H2,1H3. The minimum atomic E-state index is 0.102. The number of benzene rings is 1. The molecule has 15 heavy (non-hydrogen) atoms. The van der Waals surface area contributed by atoms with Crippen LogP contribution in [0.4, 0.5) is 5.69 Å². The molecular formula is C12H18N2O. The second-order valence-electron chi connectivity index (χ2n) is 4.55. The molecular weight excluding hydrogens is 188 g/mol. The van der Waals surface area contributed by atoms with E-state index in [0.717, 1.165) is 31.5 Å². The van der Waals surface area contributed by atoms with E-state index >= 15 is 0 Å². The molecule has 0 aromatic heterocycles. The smallest absolute Gasteiger partial charge is 0.117 e. The van der Waals surface area contributed by atoms with Gasteiger partial charge in [0.05, 0.1) is 0 Å². The molecule has 0 atom stereocenters. The maximum atomic E-state index is 9.35. The fraction of sp³-hybridized carbons (Fsp3) is 0.500. The van der Waals surface area contributed by atoms with E-state index < -0.39 is 0 Å². The predicted octanol–water partition coefficient (Wildman–Crippen LogP) is 1.71. The molecule has 0 aliphatic heterocycles. The van der Waals surface area contributed by atoms with Gasteiger partial charge in [-0.1, -0.05) is 6.07 Å². The molecule has 1 saturated carbocycles. The molecule has 0 saturated heterocycles. The third kappa shape index (κ3) is 2.63. The van der Waals surface area contributed by atoms with Gasteiger partial charge in [-0.15, -0.1) is 0 Å². The normalized spacial score (nSPS) is 17.5. The highest BCUT2D eigenvalue weighted by atomic mass is 16.3. The molecule has 0 spiro atoms. The van der Waals surface area contributed by atoms with Crippen molar-refractivity contribution in [2.24, 2.45) is 5.73 Å². The third-order valence-electron chi connectivity index (χ3n) is 3.11. The molecule has 1 aromatic rings. The zero-order chi connectivity index (χ0) is 10.9. The number of nitrogens with two attached hydrogens (primary N) is 1. The van der Waals surface area contributed by atoms with Crippen LogP contribution in [0.15, 0.2) is 24.3 Å². The summed E-state index contributed by atoms with van der Waals surface area (Å²) in [7, 11) is 2.03. The van der Waals surface area contributed by atoms with E-state index in [1.807, 2.05) is 19.2 Å². The summed E-state index contributed by atoms with van der Waals surface area (Å²) >= 11 is 0. The molecule has 3 heteroatoms. The molecule has 1 fully saturated rings. The number of aromatic hydroxyl groups is 1. The van der Waals surface area contributed by atoms with Crippen LogP contribution in [0.25, 0.3) is 0 Å². The van der Waals surface area contributed by atoms with Crippen molar-refractivity contribution in [1.29, 1.82) is 0 Å². The minimum Gasteiger partial charge on any atom is -0.508 e. The number of phenols is 1. The van der Waals surface area contributed by atoms with Gasteiger partial charge in [-0.05, 0) is 31.4 Å². The first kappa shape index (κ1) is 10.3. The van der Waals surface area contributed by atoms with E-state index in [2.05, 4.69) is 4.90 Å². The zero-order valence-corrected chi connectivity index (χ0v) is 9.11. The monoisotopic (exact) mass is 206 g/mol. The predicted molar refractivity (Wildman–Crippen MR) is 62.1 cm³/mol. The summed E-state index contributed by atoms with van der Waals surface area (Å²) in [5.41, 5.74) is 7.17. The Hall–Kier alpha value is -1.22. The number of anilines is 1. The Morgan fingerprint density at radius 3 is 2.80 bits per heavy atom. The maximum absolute atomic E-state index is 9.35. The lowest BCUT2D eigenvalue weighted by atomic mass is 10.2. The molecule has 1 aliphatic rings. The molecule has 2 rings (SSSR count). The van der Waals surface area contributed by atoms with Gasteiger partial charge in [-0.2, -0.15) is 0 Å². The second kappa shape index (κ2) is 3.74. The number of phenolic OH excluding ortho intramolecular Hbond substituents is 1. The van der Waals surface area contributed by atoms with Crippen LogP contribution >= 0.6 is 0 Å². The van der Waals surface area contributed by atoms with Crippen LogP contribution in [0.1, 0.15) is 19.3 Å². The first-order chi connectivity index (χ1) is 7.09. The number of rotatable bonds is 4. The van der Waals surface area contributed by atoms with Crippen molar-refractivity contribution in [3.63, 3.8) is 0 Å². The van der Waals surface area contributed by atoms with Crippen LogP contribution in [0.2, 0.25) is 0 Å². The summed E-state index contributed by atoms with van der Waals surface area (Å²) in [4.78, 5) is 2.13. The lowest BCUT2D eigenvalue weighted by molar-refractivity contribution is 0.475. The average molecular weight is 206 g/mol. The van der Waals surface area contributed by atoms with Gasteiger partial charge in [-0.25, -0.2) is 0 Å². The molecule has 3 nitrogen and oxygen atoms in total. The Labute approximate surface area is 90.5 Å². The minimum absolute atomic E-state index is 0.102. The average Bonchev–Trinajstić information content (AvgIpc) is 2.94. The fourth-order valence-corrected chi connectivity index (χ4v) is 1.66. The van der Waals surface area contributed by atoms with Gasteiger partial charge in [-0.3, -0.25) is 0 Å². The lowest BCUT2D eigenvalue weighted by Crippen LogP contribution is -2.29. The van der Waals surface area contributed by atoms with Crippen molar-refractivity contribution in [2.75, 3.05) is 18.5 Å². The van der Waals surface area contributed by atoms with E-state index in [4.69, 9.17) is 5.73 Å². The second-order valence-corrected chi connectivity index (χ2v) is 4.55. The molecule has 0 radical (unpaired) electrons. The molecule has 82 valence electrons. The zero-order valence-electron chi connectivity index (χ0n) is 9.11. The van der Waals surface area contributed by atoms with Crippen molar-refractivity contribution in [3.8, 4) is 5.75 Å². The van der Waals surface area contributed by atoms with Gasteiger partial charge in [0.25, 0.3) is 0 Å². The van der Waals surface area contributed by atoms with Crippen LogP contribution in [-0.2, 0) is 0 Å². The summed E-state index contributed by atoms with van der Waals surface area (Å²) in [6.07, 6.45) is 3.33. The quantitative estimate of drug-likeness (QED) is 0.788. The fourth-order valence-electron chi connectivity index (χ4n) is 1.66. The van der Waals surface area contributed by atoms with Crippen LogP contribution in [-0.4, -0.2) is 24.2 Å². The van der Waals surface area contributed by atoms with Crippen LogP contribution in [0.3, 0.4) is 0 Å². The molecule has 3 N–H and O–H groups in total. The van der Waals surface area contributed by atoms with Crippen molar-refractivity contribution in [2.45, 2.75) is 24.8 Å². The molecule has 1 aromatic carbocycles. The van der Waals surface area contributed by atoms with Gasteiger partial charge < -0.3 is 15.7 Å². The topological polar surface area (TPSA) is 49.5 Å². The van der Waals surface area contributed by atoms with Crippen molar-refractivity contribution in [1.82, 2.24) is 0 Å². The highest BCUT2D eigenvalue weighted by Crippen LogP contribution is 2.35. The SMILES string of the molecule is CN(CCC1(N)CC1)c1cccc(O)c1. The summed E-state index contributed by atoms with van der Waals surface area (Å²) in [5.74, 6) is 0.313. The first-order valence-electron chi connectivity index (χ1n) is 5.38. The maximum Gasteiger partial charge on any atom is 0.117 e. The molecule has 1 aliphatic carbocycles. The largest absolute Gasteiger partial charge is 0.508 e. The Balaban J connectivity index is 1.92. The van der Waals surface area contributed by atoms with E-state index in [1.165, 1.54) is 0 Å². The Kier molecular flexibility index (Phi) is 2.57. The third-order valence-corrected chi connectivity index (χ3v) is 3.11. The van der Waals surface area contributed by atoms with Crippen LogP contribution in [0, 0.1) is 0 Å². The lowest BCUT2D eigenvalue weighted by Gasteiger charge is -2.21. The first-order valence-corrected chi connectivity index (χ1v) is 5.38. The Morgan fingerprint density at radius 1 is 1.47 bits per heavy atom. The summed E-state index contributed by atoms with van der Waals surface area (Å²) < 4.78 is 0. The van der Waals surface area contributed by atoms with Crippen LogP contribution < -0.4 is 10.6 Å². The molecule has 0 amide bonds. The van der Waals surface area contributed by atoms with Gasteiger partial charge in [0.1, 0.15) is 5.75 Å². The summed E-state index contributed by atoms with van der Waals surface area (Å²) in [6, 6.07) is 7.31. The van der Waals surface area contributed by atoms with Crippen molar-refractivity contribution in [3.05, 3.63) is 24.3 Å². The van der Waals surface area contributed by atoms with Gasteiger partial charge >= 0.3 is 0 Å². The molecule has 0 heterocycles. The Morgan fingerprint density at radius 2 is 2.20 bits per heavy atom. The number of hydrogen-bond acceptors (Lipinski definition) is 3. The van der Waals surface area contributed by atoms with Crippen LogP contribution in [0.5, 0.6) is 5.75 Å². The van der Waals surface area contributed by atoms with E-state index in [1.54, 1.807) is 12.1 Å². The summed E-state index contributed by atoms with van der Waals surface area (Å²) in [6.45, 7) is 0.944. The molecule has 0 bridgehead atoms. The van der Waals surface area contributed by atoms with Gasteiger partial charge in [0.15, 0.2) is 0 Å². The van der Waals surface area contributed by atoms with E-state index in [-0.39, 0.29) is 5.54 Å². The highest BCUT2D eigenvalue weighted by molar-refractivity contribution is 5.49. The Bertz CT molecular complexity index is 347. The summed E-state index contributed by atoms with van der Waals surface area (Å²) in [5, 5.41) is 9.35.